The van der Waals surface area contributed by atoms with Gasteiger partial charge in [0.1, 0.15) is 0 Å². The summed E-state index contributed by atoms with van der Waals surface area (Å²) < 4.78 is 5.12. The van der Waals surface area contributed by atoms with Crippen molar-refractivity contribution in [3.63, 3.8) is 0 Å². The molecule has 0 bridgehead atoms. The molecule has 0 spiro atoms. The smallest absolute Gasteiger partial charge is 0.0996 e. The summed E-state index contributed by atoms with van der Waals surface area (Å²) in [7, 11) is 0. The highest BCUT2D eigenvalue weighted by molar-refractivity contribution is 6.41. The van der Waals surface area contributed by atoms with Crippen LogP contribution in [0.1, 0.15) is 0 Å². The Morgan fingerprint density at radius 1 is 1.19 bits per heavy atom. The van der Waals surface area contributed by atoms with Crippen molar-refractivity contribution in [3.8, 4) is 0 Å². The van der Waals surface area contributed by atoms with Gasteiger partial charge in [-0.05, 0) is 12.1 Å². The lowest BCUT2D eigenvalue weighted by molar-refractivity contribution is 0.125. The first kappa shape index (κ1) is 12.3. The molecule has 2 unspecified atom stereocenters. The van der Waals surface area contributed by atoms with Crippen LogP contribution in [-0.2, 0) is 4.74 Å². The van der Waals surface area contributed by atoms with E-state index in [4.69, 9.17) is 39.5 Å². The van der Waals surface area contributed by atoms with Crippen molar-refractivity contribution in [3.05, 3.63) is 27.2 Å². The Labute approximate surface area is 108 Å². The van der Waals surface area contributed by atoms with Crippen LogP contribution in [0.15, 0.2) is 12.1 Å². The predicted molar refractivity (Wildman–Crippen MR) is 65.7 cm³/mol. The van der Waals surface area contributed by atoms with Gasteiger partial charge in [-0.2, -0.15) is 0 Å². The van der Waals surface area contributed by atoms with Crippen LogP contribution < -0.4 is 5.32 Å². The lowest BCUT2D eigenvalue weighted by atomic mass is 10.2. The van der Waals surface area contributed by atoms with Crippen molar-refractivity contribution in [1.29, 1.82) is 0 Å². The Morgan fingerprint density at radius 2 is 1.81 bits per heavy atom. The molecule has 0 aliphatic carbocycles. The summed E-state index contributed by atoms with van der Waals surface area (Å²) in [6.07, 6.45) is -0.553. The van der Waals surface area contributed by atoms with E-state index in [1.807, 2.05) is 0 Å². The molecule has 1 heterocycles. The average molecular weight is 283 g/mol. The standard InChI is InChI=1S/C10H10Cl3NO2/c11-5-1-6(12)10(7(13)2-5)14-8-3-16-4-9(8)15/h1-2,8-9,14-15H,3-4H2. The van der Waals surface area contributed by atoms with E-state index in [9.17, 15) is 5.11 Å². The first-order chi connectivity index (χ1) is 7.58. The van der Waals surface area contributed by atoms with Gasteiger partial charge >= 0.3 is 0 Å². The number of aliphatic hydroxyl groups is 1. The number of benzene rings is 1. The molecule has 1 aromatic carbocycles. The number of rotatable bonds is 2. The minimum atomic E-state index is -0.553. The van der Waals surface area contributed by atoms with E-state index in [-0.39, 0.29) is 6.04 Å². The minimum Gasteiger partial charge on any atom is -0.388 e. The lowest BCUT2D eigenvalue weighted by Gasteiger charge is -2.18. The zero-order valence-electron chi connectivity index (χ0n) is 8.21. The second kappa shape index (κ2) is 4.98. The predicted octanol–water partition coefficient (Wildman–Crippen LogP) is 2.82. The van der Waals surface area contributed by atoms with E-state index in [0.717, 1.165) is 0 Å². The van der Waals surface area contributed by atoms with Crippen LogP contribution in [-0.4, -0.2) is 30.5 Å². The Balaban J connectivity index is 2.21. The van der Waals surface area contributed by atoms with E-state index >= 15 is 0 Å². The quantitative estimate of drug-likeness (QED) is 0.876. The molecule has 2 rings (SSSR count). The fourth-order valence-corrected chi connectivity index (χ4v) is 2.47. The highest BCUT2D eigenvalue weighted by Gasteiger charge is 2.27. The number of hydrogen-bond acceptors (Lipinski definition) is 3. The fraction of sp³-hybridized carbons (Fsp3) is 0.400. The molecule has 0 radical (unpaired) electrons. The van der Waals surface area contributed by atoms with Crippen LogP contribution in [0.2, 0.25) is 15.1 Å². The second-order valence-corrected chi connectivity index (χ2v) is 4.85. The van der Waals surface area contributed by atoms with Gasteiger partial charge in [0.25, 0.3) is 0 Å². The summed E-state index contributed by atoms with van der Waals surface area (Å²) in [6, 6.07) is 3.00. The van der Waals surface area contributed by atoms with Crippen LogP contribution in [0.5, 0.6) is 0 Å². The zero-order chi connectivity index (χ0) is 11.7. The van der Waals surface area contributed by atoms with Crippen molar-refractivity contribution >= 4 is 40.5 Å². The Bertz CT molecular complexity index is 377. The van der Waals surface area contributed by atoms with Gasteiger partial charge in [-0.3, -0.25) is 0 Å². The molecule has 1 fully saturated rings. The topological polar surface area (TPSA) is 41.5 Å². The van der Waals surface area contributed by atoms with Gasteiger partial charge in [-0.1, -0.05) is 34.8 Å². The van der Waals surface area contributed by atoms with Gasteiger partial charge in [-0.25, -0.2) is 0 Å². The minimum absolute atomic E-state index is 0.198. The SMILES string of the molecule is OC1COCC1Nc1c(Cl)cc(Cl)cc1Cl. The van der Waals surface area contributed by atoms with E-state index in [1.165, 1.54) is 0 Å². The van der Waals surface area contributed by atoms with Gasteiger partial charge in [0, 0.05) is 5.02 Å². The van der Waals surface area contributed by atoms with Crippen molar-refractivity contribution in [2.24, 2.45) is 0 Å². The van der Waals surface area contributed by atoms with E-state index in [1.54, 1.807) is 12.1 Å². The molecule has 0 aromatic heterocycles. The third kappa shape index (κ3) is 2.55. The monoisotopic (exact) mass is 281 g/mol. The fourth-order valence-electron chi connectivity index (χ4n) is 1.55. The summed E-state index contributed by atoms with van der Waals surface area (Å²) in [5.74, 6) is 0. The zero-order valence-corrected chi connectivity index (χ0v) is 10.5. The van der Waals surface area contributed by atoms with E-state index < -0.39 is 6.10 Å². The number of aliphatic hydroxyl groups excluding tert-OH is 1. The highest BCUT2D eigenvalue weighted by Crippen LogP contribution is 2.34. The summed E-state index contributed by atoms with van der Waals surface area (Å²) in [5.41, 5.74) is 0.572. The van der Waals surface area contributed by atoms with Crippen molar-refractivity contribution in [1.82, 2.24) is 0 Å². The number of hydrogen-bond donors (Lipinski definition) is 2. The Morgan fingerprint density at radius 3 is 2.31 bits per heavy atom. The number of nitrogens with one attached hydrogen (secondary N) is 1. The van der Waals surface area contributed by atoms with Crippen molar-refractivity contribution in [2.75, 3.05) is 18.5 Å². The maximum Gasteiger partial charge on any atom is 0.0996 e. The molecule has 1 aliphatic rings. The van der Waals surface area contributed by atoms with Crippen LogP contribution in [0.25, 0.3) is 0 Å². The highest BCUT2D eigenvalue weighted by atomic mass is 35.5. The van der Waals surface area contributed by atoms with Gasteiger partial charge < -0.3 is 15.2 Å². The van der Waals surface area contributed by atoms with Gasteiger partial charge in [0.15, 0.2) is 0 Å². The van der Waals surface area contributed by atoms with Crippen LogP contribution in [0.3, 0.4) is 0 Å². The van der Waals surface area contributed by atoms with E-state index in [0.29, 0.717) is 34.0 Å². The number of ether oxygens (including phenoxy) is 1. The molecule has 0 amide bonds. The normalized spacial score (nSPS) is 24.8. The Hall–Kier alpha value is -0.190. The van der Waals surface area contributed by atoms with E-state index in [2.05, 4.69) is 5.32 Å². The first-order valence-corrected chi connectivity index (χ1v) is 5.88. The largest absolute Gasteiger partial charge is 0.388 e. The summed E-state index contributed by atoms with van der Waals surface area (Å²) in [6.45, 7) is 0.747. The first-order valence-electron chi connectivity index (χ1n) is 4.75. The maximum absolute atomic E-state index is 9.59. The average Bonchev–Trinajstić information content (AvgIpc) is 2.57. The molecule has 16 heavy (non-hydrogen) atoms. The van der Waals surface area contributed by atoms with Crippen LogP contribution in [0.4, 0.5) is 5.69 Å². The van der Waals surface area contributed by atoms with Crippen LogP contribution in [0, 0.1) is 0 Å². The molecule has 1 aromatic rings. The molecule has 3 nitrogen and oxygen atoms in total. The molecular weight excluding hydrogens is 272 g/mol. The van der Waals surface area contributed by atoms with Crippen molar-refractivity contribution in [2.45, 2.75) is 12.1 Å². The molecule has 88 valence electrons. The Kier molecular flexibility index (Phi) is 3.82. The summed E-state index contributed by atoms with van der Waals surface area (Å²) >= 11 is 17.8. The van der Waals surface area contributed by atoms with Gasteiger partial charge in [-0.15, -0.1) is 0 Å². The van der Waals surface area contributed by atoms with Gasteiger partial charge in [0.2, 0.25) is 0 Å². The number of halogens is 3. The molecular formula is C10H10Cl3NO2. The number of anilines is 1. The summed E-state index contributed by atoms with van der Waals surface area (Å²) in [5, 5.41) is 14.0. The van der Waals surface area contributed by atoms with Gasteiger partial charge in [0.05, 0.1) is 41.1 Å². The van der Waals surface area contributed by atoms with Crippen LogP contribution >= 0.6 is 34.8 Å². The lowest BCUT2D eigenvalue weighted by Crippen LogP contribution is -2.32. The molecule has 6 heteroatoms. The molecule has 1 saturated heterocycles. The third-order valence-electron chi connectivity index (χ3n) is 2.39. The molecule has 2 N–H and O–H groups in total. The summed E-state index contributed by atoms with van der Waals surface area (Å²) in [4.78, 5) is 0. The third-order valence-corrected chi connectivity index (χ3v) is 3.20. The second-order valence-electron chi connectivity index (χ2n) is 3.60. The van der Waals surface area contributed by atoms with Crippen molar-refractivity contribution < 1.29 is 9.84 Å². The molecule has 0 saturated carbocycles. The molecule has 2 atom stereocenters. The maximum atomic E-state index is 9.59. The molecule has 1 aliphatic heterocycles.